The maximum atomic E-state index is 11.8. The SMILES string of the molecule is CCCCCCCCCOC(=O)/C(C#N)=C/C=C/N(CC)CC. The molecule has 0 N–H and O–H groups in total. The van der Waals surface area contributed by atoms with Crippen LogP contribution in [0.1, 0.15) is 65.7 Å². The molecular weight excluding hydrogens is 288 g/mol. The number of ether oxygens (including phenoxy) is 1. The van der Waals surface area contributed by atoms with Crippen molar-refractivity contribution in [2.45, 2.75) is 65.7 Å². The van der Waals surface area contributed by atoms with Gasteiger partial charge in [-0.3, -0.25) is 0 Å². The van der Waals surface area contributed by atoms with E-state index in [1.165, 1.54) is 38.2 Å². The Kier molecular flexibility index (Phi) is 14.0. The Morgan fingerprint density at radius 2 is 1.65 bits per heavy atom. The summed E-state index contributed by atoms with van der Waals surface area (Å²) in [5.41, 5.74) is 0.0522. The summed E-state index contributed by atoms with van der Waals surface area (Å²) >= 11 is 0. The lowest BCUT2D eigenvalue weighted by molar-refractivity contribution is -0.138. The van der Waals surface area contributed by atoms with Gasteiger partial charge < -0.3 is 9.64 Å². The molecule has 0 heterocycles. The average molecular weight is 320 g/mol. The smallest absolute Gasteiger partial charge is 0.348 e. The molecule has 0 saturated carbocycles. The van der Waals surface area contributed by atoms with Crippen LogP contribution in [0, 0.1) is 11.3 Å². The summed E-state index contributed by atoms with van der Waals surface area (Å²) in [4.78, 5) is 13.9. The molecule has 0 radical (unpaired) electrons. The molecule has 0 aliphatic heterocycles. The molecule has 130 valence electrons. The molecule has 0 bridgehead atoms. The molecule has 4 heteroatoms. The van der Waals surface area contributed by atoms with Crippen LogP contribution in [-0.2, 0) is 9.53 Å². The van der Waals surface area contributed by atoms with Gasteiger partial charge in [-0.05, 0) is 38.6 Å². The summed E-state index contributed by atoms with van der Waals surface area (Å²) in [5.74, 6) is -0.525. The van der Waals surface area contributed by atoms with Gasteiger partial charge in [0.2, 0.25) is 0 Å². The van der Waals surface area contributed by atoms with E-state index in [1.807, 2.05) is 12.3 Å². The second-order valence-electron chi connectivity index (χ2n) is 5.51. The molecule has 0 aliphatic carbocycles. The number of carbonyl (C=O) groups excluding carboxylic acids is 1. The van der Waals surface area contributed by atoms with E-state index in [-0.39, 0.29) is 5.57 Å². The van der Waals surface area contributed by atoms with Crippen LogP contribution in [0.2, 0.25) is 0 Å². The van der Waals surface area contributed by atoms with Gasteiger partial charge in [0.05, 0.1) is 6.61 Å². The minimum Gasteiger partial charge on any atom is -0.462 e. The number of nitrogens with zero attached hydrogens (tertiary/aromatic N) is 2. The Bertz CT molecular complexity index is 404. The van der Waals surface area contributed by atoms with Gasteiger partial charge >= 0.3 is 5.97 Å². The molecule has 4 nitrogen and oxygen atoms in total. The quantitative estimate of drug-likeness (QED) is 0.164. The highest BCUT2D eigenvalue weighted by molar-refractivity contribution is 5.93. The van der Waals surface area contributed by atoms with Crippen molar-refractivity contribution in [3.05, 3.63) is 23.9 Å². The van der Waals surface area contributed by atoms with Gasteiger partial charge in [0.1, 0.15) is 11.6 Å². The van der Waals surface area contributed by atoms with E-state index in [0.717, 1.165) is 25.9 Å². The van der Waals surface area contributed by atoms with E-state index in [1.54, 1.807) is 6.08 Å². The van der Waals surface area contributed by atoms with E-state index in [0.29, 0.717) is 6.61 Å². The molecule has 0 amide bonds. The van der Waals surface area contributed by atoms with Crippen molar-refractivity contribution < 1.29 is 9.53 Å². The summed E-state index contributed by atoms with van der Waals surface area (Å²) in [6.45, 7) is 8.50. The zero-order chi connectivity index (χ0) is 17.3. The molecule has 0 saturated heterocycles. The van der Waals surface area contributed by atoms with Crippen LogP contribution in [0.5, 0.6) is 0 Å². The number of rotatable bonds is 13. The van der Waals surface area contributed by atoms with Gasteiger partial charge in [-0.25, -0.2) is 4.79 Å². The third-order valence-corrected chi connectivity index (χ3v) is 3.69. The normalized spacial score (nSPS) is 11.5. The molecule has 0 unspecified atom stereocenters. The van der Waals surface area contributed by atoms with Gasteiger partial charge in [-0.1, -0.05) is 45.4 Å². The number of nitriles is 1. The first-order valence-electron chi connectivity index (χ1n) is 8.89. The number of allylic oxidation sites excluding steroid dienone is 2. The molecule has 0 rings (SSSR count). The summed E-state index contributed by atoms with van der Waals surface area (Å²) in [7, 11) is 0. The van der Waals surface area contributed by atoms with E-state index in [2.05, 4.69) is 25.7 Å². The van der Waals surface area contributed by atoms with Gasteiger partial charge in [-0.2, -0.15) is 5.26 Å². The molecule has 0 atom stereocenters. The maximum Gasteiger partial charge on any atom is 0.348 e. The molecule has 0 aromatic rings. The predicted octanol–water partition coefficient (Wildman–Crippen LogP) is 4.59. The Hall–Kier alpha value is -1.76. The summed E-state index contributed by atoms with van der Waals surface area (Å²) in [5, 5.41) is 9.03. The van der Waals surface area contributed by atoms with E-state index in [9.17, 15) is 4.79 Å². The Morgan fingerprint density at radius 3 is 2.22 bits per heavy atom. The first kappa shape index (κ1) is 21.2. The summed E-state index contributed by atoms with van der Waals surface area (Å²) in [6.07, 6.45) is 13.3. The van der Waals surface area contributed by atoms with Crippen molar-refractivity contribution >= 4 is 5.97 Å². The van der Waals surface area contributed by atoms with Crippen molar-refractivity contribution in [2.75, 3.05) is 19.7 Å². The third-order valence-electron chi connectivity index (χ3n) is 3.69. The first-order chi connectivity index (χ1) is 11.2. The Balaban J connectivity index is 4.00. The monoisotopic (exact) mass is 320 g/mol. The number of carbonyl (C=O) groups is 1. The molecule has 0 fully saturated rings. The first-order valence-corrected chi connectivity index (χ1v) is 8.89. The minimum atomic E-state index is -0.525. The zero-order valence-corrected chi connectivity index (χ0v) is 15.0. The second kappa shape index (κ2) is 15.1. The summed E-state index contributed by atoms with van der Waals surface area (Å²) < 4.78 is 5.16. The van der Waals surface area contributed by atoms with Crippen molar-refractivity contribution in [1.29, 1.82) is 5.26 Å². The number of unbranched alkanes of at least 4 members (excludes halogenated alkanes) is 6. The van der Waals surface area contributed by atoms with Crippen LogP contribution in [0.4, 0.5) is 0 Å². The fourth-order valence-corrected chi connectivity index (χ4v) is 2.15. The molecule has 0 aliphatic rings. The van der Waals surface area contributed by atoms with Crippen LogP contribution in [0.3, 0.4) is 0 Å². The topological polar surface area (TPSA) is 53.3 Å². The predicted molar refractivity (Wildman–Crippen MR) is 94.7 cm³/mol. The Morgan fingerprint density at radius 1 is 1.04 bits per heavy atom. The number of esters is 1. The van der Waals surface area contributed by atoms with Crippen molar-refractivity contribution in [3.63, 3.8) is 0 Å². The molecule has 0 spiro atoms. The Labute approximate surface area is 141 Å². The second-order valence-corrected chi connectivity index (χ2v) is 5.51. The molecule has 0 aromatic heterocycles. The van der Waals surface area contributed by atoms with Crippen LogP contribution in [-0.4, -0.2) is 30.6 Å². The third kappa shape index (κ3) is 11.5. The highest BCUT2D eigenvalue weighted by Gasteiger charge is 2.08. The fourth-order valence-electron chi connectivity index (χ4n) is 2.15. The average Bonchev–Trinajstić information content (AvgIpc) is 2.57. The van der Waals surface area contributed by atoms with Crippen LogP contribution in [0.15, 0.2) is 23.9 Å². The molecule has 0 aromatic carbocycles. The largest absolute Gasteiger partial charge is 0.462 e. The summed E-state index contributed by atoms with van der Waals surface area (Å²) in [6, 6.07) is 1.90. The lowest BCUT2D eigenvalue weighted by atomic mass is 10.1. The highest BCUT2D eigenvalue weighted by atomic mass is 16.5. The van der Waals surface area contributed by atoms with Gasteiger partial charge in [0, 0.05) is 13.1 Å². The zero-order valence-electron chi connectivity index (χ0n) is 15.0. The fraction of sp³-hybridized carbons (Fsp3) is 0.684. The maximum absolute atomic E-state index is 11.8. The number of hydrogen-bond donors (Lipinski definition) is 0. The minimum absolute atomic E-state index is 0.0522. The molecular formula is C19H32N2O2. The lowest BCUT2D eigenvalue weighted by Crippen LogP contribution is -2.15. The van der Waals surface area contributed by atoms with Gasteiger partial charge in [-0.15, -0.1) is 0 Å². The van der Waals surface area contributed by atoms with Crippen molar-refractivity contribution in [2.24, 2.45) is 0 Å². The van der Waals surface area contributed by atoms with E-state index >= 15 is 0 Å². The van der Waals surface area contributed by atoms with Crippen molar-refractivity contribution in [1.82, 2.24) is 4.90 Å². The van der Waals surface area contributed by atoms with Crippen LogP contribution < -0.4 is 0 Å². The lowest BCUT2D eigenvalue weighted by Gasteiger charge is -2.13. The van der Waals surface area contributed by atoms with Gasteiger partial charge in [0.25, 0.3) is 0 Å². The highest BCUT2D eigenvalue weighted by Crippen LogP contribution is 2.07. The van der Waals surface area contributed by atoms with Crippen LogP contribution in [0.25, 0.3) is 0 Å². The van der Waals surface area contributed by atoms with Crippen LogP contribution >= 0.6 is 0 Å². The van der Waals surface area contributed by atoms with Crippen molar-refractivity contribution in [3.8, 4) is 6.07 Å². The van der Waals surface area contributed by atoms with Gasteiger partial charge in [0.15, 0.2) is 0 Å². The standard InChI is InChI=1S/C19H32N2O2/c1-4-7-8-9-10-11-12-16-23-19(22)18(17-20)14-13-15-21(5-2)6-3/h13-15H,4-12,16H2,1-3H3/b15-13+,18-14+. The number of hydrogen-bond acceptors (Lipinski definition) is 4. The molecule has 23 heavy (non-hydrogen) atoms. The van der Waals surface area contributed by atoms with E-state index < -0.39 is 5.97 Å². The van der Waals surface area contributed by atoms with E-state index in [4.69, 9.17) is 10.00 Å².